The summed E-state index contributed by atoms with van der Waals surface area (Å²) in [4.78, 5) is 27.5. The molecule has 0 aliphatic heterocycles. The van der Waals surface area contributed by atoms with E-state index < -0.39 is 0 Å². The minimum absolute atomic E-state index is 0.150. The van der Waals surface area contributed by atoms with E-state index in [4.69, 9.17) is 0 Å². The van der Waals surface area contributed by atoms with Crippen LogP contribution in [0.15, 0.2) is 73.1 Å². The molecule has 2 aromatic carbocycles. The van der Waals surface area contributed by atoms with E-state index in [-0.39, 0.29) is 11.8 Å². The number of amides is 2. The molecule has 0 unspecified atom stereocenters. The number of rotatable bonds is 7. The van der Waals surface area contributed by atoms with Crippen molar-refractivity contribution in [1.29, 1.82) is 0 Å². The van der Waals surface area contributed by atoms with Gasteiger partial charge < -0.3 is 10.2 Å². The summed E-state index contributed by atoms with van der Waals surface area (Å²) in [5, 5.41) is 11.4. The molecule has 0 saturated heterocycles. The SMILES string of the molecule is CN(CCNC(=O)c1cnn(C)c1-c1ccccc1)C(=O)c1cnn(C)c1-c1ccccc1. The van der Waals surface area contributed by atoms with Crippen LogP contribution in [0.2, 0.25) is 0 Å². The monoisotopic (exact) mass is 442 g/mol. The van der Waals surface area contributed by atoms with Gasteiger partial charge in [-0.3, -0.25) is 19.0 Å². The highest BCUT2D eigenvalue weighted by Crippen LogP contribution is 2.24. The van der Waals surface area contributed by atoms with Gasteiger partial charge in [0.2, 0.25) is 0 Å². The van der Waals surface area contributed by atoms with Crippen molar-refractivity contribution in [3.63, 3.8) is 0 Å². The first kappa shape index (κ1) is 22.0. The molecule has 0 radical (unpaired) electrons. The summed E-state index contributed by atoms with van der Waals surface area (Å²) in [5.41, 5.74) is 4.37. The zero-order chi connectivity index (χ0) is 23.4. The lowest BCUT2D eigenvalue weighted by molar-refractivity contribution is 0.0787. The highest BCUT2D eigenvalue weighted by molar-refractivity contribution is 6.01. The molecule has 8 heteroatoms. The maximum Gasteiger partial charge on any atom is 0.257 e. The summed E-state index contributed by atoms with van der Waals surface area (Å²) >= 11 is 0. The third kappa shape index (κ3) is 4.55. The van der Waals surface area contributed by atoms with Gasteiger partial charge in [0, 0.05) is 45.4 Å². The molecule has 4 rings (SSSR count). The molecule has 0 spiro atoms. The van der Waals surface area contributed by atoms with Gasteiger partial charge in [0.05, 0.1) is 34.9 Å². The number of likely N-dealkylation sites (N-methyl/N-ethyl adjacent to an activating group) is 1. The molecule has 0 fully saturated rings. The normalized spacial score (nSPS) is 10.8. The number of hydrogen-bond donors (Lipinski definition) is 1. The number of carbonyl (C=O) groups excluding carboxylic acids is 2. The quantitative estimate of drug-likeness (QED) is 0.477. The lowest BCUT2D eigenvalue weighted by Gasteiger charge is -2.18. The summed E-state index contributed by atoms with van der Waals surface area (Å²) < 4.78 is 3.39. The molecule has 0 aliphatic rings. The minimum atomic E-state index is -0.228. The van der Waals surface area contributed by atoms with E-state index in [1.165, 1.54) is 0 Å². The van der Waals surface area contributed by atoms with Crippen molar-refractivity contribution in [1.82, 2.24) is 29.8 Å². The molecule has 0 bridgehead atoms. The van der Waals surface area contributed by atoms with Crippen molar-refractivity contribution >= 4 is 11.8 Å². The van der Waals surface area contributed by atoms with Crippen LogP contribution in [0.1, 0.15) is 20.7 Å². The Morgan fingerprint density at radius 3 is 1.85 bits per heavy atom. The van der Waals surface area contributed by atoms with Crippen LogP contribution in [0.4, 0.5) is 0 Å². The van der Waals surface area contributed by atoms with E-state index in [9.17, 15) is 9.59 Å². The Morgan fingerprint density at radius 2 is 1.30 bits per heavy atom. The standard InChI is InChI=1S/C25H26N6O2/c1-29(25(33)21-17-28-31(3)23(21)19-12-8-5-9-13-19)15-14-26-24(32)20-16-27-30(2)22(20)18-10-6-4-7-11-18/h4-13,16-17H,14-15H2,1-3H3,(H,26,32). The molecular weight excluding hydrogens is 416 g/mol. The number of aryl methyl sites for hydroxylation is 2. The van der Waals surface area contributed by atoms with Crippen molar-refractivity contribution in [2.24, 2.45) is 14.1 Å². The van der Waals surface area contributed by atoms with Crippen LogP contribution in [0, 0.1) is 0 Å². The molecule has 33 heavy (non-hydrogen) atoms. The van der Waals surface area contributed by atoms with E-state index in [1.807, 2.05) is 74.8 Å². The van der Waals surface area contributed by atoms with Gasteiger partial charge >= 0.3 is 0 Å². The molecule has 2 amide bonds. The van der Waals surface area contributed by atoms with Gasteiger partial charge in [-0.2, -0.15) is 10.2 Å². The number of aromatic nitrogens is 4. The second-order valence-electron chi connectivity index (χ2n) is 7.78. The average Bonchev–Trinajstić information content (AvgIpc) is 3.42. The zero-order valence-corrected chi connectivity index (χ0v) is 18.9. The zero-order valence-electron chi connectivity index (χ0n) is 18.9. The van der Waals surface area contributed by atoms with Gasteiger partial charge in [-0.05, 0) is 0 Å². The molecule has 0 atom stereocenters. The van der Waals surface area contributed by atoms with Gasteiger partial charge in [-0.1, -0.05) is 60.7 Å². The van der Waals surface area contributed by atoms with Gasteiger partial charge in [0.15, 0.2) is 0 Å². The summed E-state index contributed by atoms with van der Waals surface area (Å²) in [6.45, 7) is 0.666. The van der Waals surface area contributed by atoms with Crippen molar-refractivity contribution in [2.45, 2.75) is 0 Å². The number of benzene rings is 2. The Bertz CT molecular complexity index is 1260. The third-order valence-corrected chi connectivity index (χ3v) is 5.53. The summed E-state index contributed by atoms with van der Waals surface area (Å²) in [6.07, 6.45) is 3.15. The first-order valence-electron chi connectivity index (χ1n) is 10.7. The molecule has 0 aliphatic carbocycles. The fourth-order valence-corrected chi connectivity index (χ4v) is 3.81. The summed E-state index contributed by atoms with van der Waals surface area (Å²) in [5.74, 6) is -0.378. The van der Waals surface area contributed by atoms with E-state index in [0.29, 0.717) is 24.2 Å². The van der Waals surface area contributed by atoms with Gasteiger partial charge in [0.1, 0.15) is 0 Å². The molecule has 2 heterocycles. The molecular formula is C25H26N6O2. The Kier molecular flexibility index (Phi) is 6.35. The largest absolute Gasteiger partial charge is 0.350 e. The van der Waals surface area contributed by atoms with Crippen LogP contribution < -0.4 is 5.32 Å². The summed E-state index contributed by atoms with van der Waals surface area (Å²) in [6, 6.07) is 19.4. The lowest BCUT2D eigenvalue weighted by atomic mass is 10.1. The average molecular weight is 443 g/mol. The van der Waals surface area contributed by atoms with Gasteiger partial charge in [0.25, 0.3) is 11.8 Å². The Morgan fingerprint density at radius 1 is 0.818 bits per heavy atom. The van der Waals surface area contributed by atoms with Crippen molar-refractivity contribution in [3.8, 4) is 22.5 Å². The molecule has 0 saturated carbocycles. The Hall–Kier alpha value is -4.20. The Labute approximate surface area is 192 Å². The van der Waals surface area contributed by atoms with Gasteiger partial charge in [-0.25, -0.2) is 0 Å². The minimum Gasteiger partial charge on any atom is -0.350 e. The van der Waals surface area contributed by atoms with Crippen molar-refractivity contribution < 1.29 is 9.59 Å². The van der Waals surface area contributed by atoms with Gasteiger partial charge in [-0.15, -0.1) is 0 Å². The number of nitrogens with zero attached hydrogens (tertiary/aromatic N) is 5. The van der Waals surface area contributed by atoms with E-state index in [2.05, 4.69) is 15.5 Å². The molecule has 1 N–H and O–H groups in total. The maximum absolute atomic E-state index is 13.1. The predicted molar refractivity (Wildman–Crippen MR) is 127 cm³/mol. The molecule has 168 valence electrons. The second kappa shape index (κ2) is 9.52. The maximum atomic E-state index is 13.1. The first-order chi connectivity index (χ1) is 16.0. The molecule has 2 aromatic heterocycles. The van der Waals surface area contributed by atoms with Crippen LogP contribution in [0.25, 0.3) is 22.5 Å². The smallest absolute Gasteiger partial charge is 0.257 e. The van der Waals surface area contributed by atoms with E-state index in [0.717, 1.165) is 22.5 Å². The Balaban J connectivity index is 1.42. The van der Waals surface area contributed by atoms with Crippen LogP contribution >= 0.6 is 0 Å². The predicted octanol–water partition coefficient (Wildman–Crippen LogP) is 2.99. The highest BCUT2D eigenvalue weighted by atomic mass is 16.2. The third-order valence-electron chi connectivity index (χ3n) is 5.53. The van der Waals surface area contributed by atoms with Crippen LogP contribution in [0.5, 0.6) is 0 Å². The van der Waals surface area contributed by atoms with E-state index >= 15 is 0 Å². The van der Waals surface area contributed by atoms with Crippen molar-refractivity contribution in [3.05, 3.63) is 84.2 Å². The summed E-state index contributed by atoms with van der Waals surface area (Å²) in [7, 11) is 5.34. The molecule has 8 nitrogen and oxygen atoms in total. The number of hydrogen-bond acceptors (Lipinski definition) is 4. The first-order valence-corrected chi connectivity index (χ1v) is 10.7. The fraction of sp³-hybridized carbons (Fsp3) is 0.200. The second-order valence-corrected chi connectivity index (χ2v) is 7.78. The molecule has 4 aromatic rings. The van der Waals surface area contributed by atoms with Crippen LogP contribution in [0.3, 0.4) is 0 Å². The number of carbonyl (C=O) groups is 2. The van der Waals surface area contributed by atoms with Crippen LogP contribution in [-0.4, -0.2) is 56.4 Å². The highest BCUT2D eigenvalue weighted by Gasteiger charge is 2.21. The number of nitrogens with one attached hydrogen (secondary N) is 1. The van der Waals surface area contributed by atoms with Crippen LogP contribution in [-0.2, 0) is 14.1 Å². The van der Waals surface area contributed by atoms with Crippen molar-refractivity contribution in [2.75, 3.05) is 20.1 Å². The topological polar surface area (TPSA) is 85.1 Å². The fourth-order valence-electron chi connectivity index (χ4n) is 3.81. The van der Waals surface area contributed by atoms with E-state index in [1.54, 1.807) is 33.7 Å². The lowest BCUT2D eigenvalue weighted by Crippen LogP contribution is -2.36.